The van der Waals surface area contributed by atoms with Crippen molar-refractivity contribution in [2.45, 2.75) is 0 Å². The molecule has 0 amide bonds. The summed E-state index contributed by atoms with van der Waals surface area (Å²) in [6.07, 6.45) is 2.67. The van der Waals surface area contributed by atoms with Gasteiger partial charge in [-0.3, -0.25) is 15.1 Å². The van der Waals surface area contributed by atoms with Crippen molar-refractivity contribution in [2.24, 2.45) is 0 Å². The number of nitrogens with zero attached hydrogens (tertiary/aromatic N) is 3. The first-order valence-electron chi connectivity index (χ1n) is 4.17. The van der Waals surface area contributed by atoms with Crippen molar-refractivity contribution >= 4 is 27.3 Å². The summed E-state index contributed by atoms with van der Waals surface area (Å²) in [5.41, 5.74) is 0.337. The van der Waals surface area contributed by atoms with E-state index in [0.717, 1.165) is 0 Å². The zero-order chi connectivity index (χ0) is 11.4. The molecule has 0 fully saturated rings. The third-order valence-electron chi connectivity index (χ3n) is 1.87. The number of halogens is 1. The van der Waals surface area contributed by atoms with Crippen LogP contribution in [0.15, 0.2) is 16.9 Å². The van der Waals surface area contributed by atoms with Crippen LogP contribution in [-0.2, 0) is 0 Å². The molecule has 0 saturated heterocycles. The molecule has 0 aromatic carbocycles. The van der Waals surface area contributed by atoms with E-state index in [2.05, 4.69) is 20.9 Å². The largest absolute Gasteiger partial charge is 0.395 e. The van der Waals surface area contributed by atoms with Gasteiger partial charge in [-0.05, 0) is 15.9 Å². The Bertz CT molecular complexity index is 372. The van der Waals surface area contributed by atoms with Gasteiger partial charge in [0.05, 0.1) is 16.0 Å². The number of likely N-dealkylation sites (N-methyl/N-ethyl adjacent to an activating group) is 1. The lowest BCUT2D eigenvalue weighted by molar-refractivity contribution is -0.384. The number of aliphatic hydroxyl groups is 1. The minimum absolute atomic E-state index is 0.0670. The van der Waals surface area contributed by atoms with E-state index >= 15 is 0 Å². The lowest BCUT2D eigenvalue weighted by Crippen LogP contribution is -2.22. The molecule has 1 N–H and O–H groups in total. The highest BCUT2D eigenvalue weighted by atomic mass is 79.9. The summed E-state index contributed by atoms with van der Waals surface area (Å²) >= 11 is 3.20. The minimum Gasteiger partial charge on any atom is -0.395 e. The van der Waals surface area contributed by atoms with Crippen LogP contribution in [0.5, 0.6) is 0 Å². The van der Waals surface area contributed by atoms with Crippen LogP contribution in [0.4, 0.5) is 11.4 Å². The Balaban J connectivity index is 3.18. The first-order valence-corrected chi connectivity index (χ1v) is 4.97. The maximum atomic E-state index is 10.7. The van der Waals surface area contributed by atoms with Gasteiger partial charge in [-0.15, -0.1) is 0 Å². The molecular formula is C8H10BrN3O3. The average molecular weight is 276 g/mol. The van der Waals surface area contributed by atoms with Crippen LogP contribution < -0.4 is 4.90 Å². The van der Waals surface area contributed by atoms with Gasteiger partial charge in [-0.2, -0.15) is 0 Å². The molecule has 1 aromatic heterocycles. The second-order valence-electron chi connectivity index (χ2n) is 2.89. The molecule has 0 aliphatic rings. The van der Waals surface area contributed by atoms with Crippen LogP contribution in [0.1, 0.15) is 0 Å². The maximum absolute atomic E-state index is 10.7. The number of anilines is 1. The number of pyridine rings is 1. The summed E-state index contributed by atoms with van der Waals surface area (Å²) in [5, 5.41) is 19.5. The van der Waals surface area contributed by atoms with Gasteiger partial charge in [0.15, 0.2) is 0 Å². The SMILES string of the molecule is CN(CCO)c1c(Br)cncc1[N+](=O)[O-]. The van der Waals surface area contributed by atoms with E-state index in [-0.39, 0.29) is 12.3 Å². The van der Waals surface area contributed by atoms with Crippen molar-refractivity contribution in [3.63, 3.8) is 0 Å². The maximum Gasteiger partial charge on any atom is 0.311 e. The van der Waals surface area contributed by atoms with Gasteiger partial charge in [0.1, 0.15) is 11.9 Å². The number of aromatic nitrogens is 1. The van der Waals surface area contributed by atoms with E-state index in [1.807, 2.05) is 0 Å². The molecule has 0 unspecified atom stereocenters. The molecule has 0 atom stereocenters. The number of hydrogen-bond donors (Lipinski definition) is 1. The highest BCUT2D eigenvalue weighted by molar-refractivity contribution is 9.10. The fourth-order valence-electron chi connectivity index (χ4n) is 1.19. The average Bonchev–Trinajstić information content (AvgIpc) is 2.17. The highest BCUT2D eigenvalue weighted by Crippen LogP contribution is 2.33. The first kappa shape index (κ1) is 11.9. The van der Waals surface area contributed by atoms with Gasteiger partial charge in [-0.1, -0.05) is 0 Å². The Morgan fingerprint density at radius 2 is 2.33 bits per heavy atom. The molecule has 6 nitrogen and oxygen atoms in total. The van der Waals surface area contributed by atoms with E-state index < -0.39 is 4.92 Å². The Morgan fingerprint density at radius 1 is 1.67 bits per heavy atom. The summed E-state index contributed by atoms with van der Waals surface area (Å²) in [6, 6.07) is 0. The van der Waals surface area contributed by atoms with Crippen molar-refractivity contribution in [2.75, 3.05) is 25.1 Å². The number of aliphatic hydroxyl groups excluding tert-OH is 1. The predicted octanol–water partition coefficient (Wildman–Crippen LogP) is 1.18. The molecule has 0 radical (unpaired) electrons. The van der Waals surface area contributed by atoms with Crippen molar-refractivity contribution in [1.82, 2.24) is 4.98 Å². The van der Waals surface area contributed by atoms with Crippen LogP contribution in [0.2, 0.25) is 0 Å². The van der Waals surface area contributed by atoms with Crippen LogP contribution in [-0.4, -0.2) is 35.2 Å². The quantitative estimate of drug-likeness (QED) is 0.659. The van der Waals surface area contributed by atoms with Crippen molar-refractivity contribution < 1.29 is 10.0 Å². The number of rotatable bonds is 4. The Labute approximate surface area is 94.8 Å². The molecule has 0 saturated carbocycles. The first-order chi connectivity index (χ1) is 7.07. The van der Waals surface area contributed by atoms with Gasteiger partial charge in [-0.25, -0.2) is 0 Å². The molecule has 1 heterocycles. The van der Waals surface area contributed by atoms with E-state index in [4.69, 9.17) is 5.11 Å². The molecule has 7 heteroatoms. The topological polar surface area (TPSA) is 79.5 Å². The summed E-state index contributed by atoms with van der Waals surface area (Å²) in [4.78, 5) is 15.6. The molecule has 1 rings (SSSR count). The van der Waals surface area contributed by atoms with E-state index in [9.17, 15) is 10.1 Å². The molecule has 0 spiro atoms. The summed E-state index contributed by atoms with van der Waals surface area (Å²) in [6.45, 7) is 0.256. The predicted molar refractivity (Wildman–Crippen MR) is 58.9 cm³/mol. The highest BCUT2D eigenvalue weighted by Gasteiger charge is 2.20. The number of hydrogen-bond acceptors (Lipinski definition) is 5. The van der Waals surface area contributed by atoms with Gasteiger partial charge in [0, 0.05) is 19.8 Å². The van der Waals surface area contributed by atoms with Gasteiger partial charge in [0.2, 0.25) is 0 Å². The molecular weight excluding hydrogens is 266 g/mol. The third-order valence-corrected chi connectivity index (χ3v) is 2.45. The van der Waals surface area contributed by atoms with Gasteiger partial charge in [0.25, 0.3) is 0 Å². The standard InChI is InChI=1S/C8H10BrN3O3/c1-11(2-3-13)8-6(9)4-10-5-7(8)12(14)15/h4-5,13H,2-3H2,1H3. The second kappa shape index (κ2) is 5.04. The summed E-state index contributed by atoms with van der Waals surface area (Å²) in [5.74, 6) is 0. The fourth-order valence-corrected chi connectivity index (χ4v) is 1.82. The molecule has 82 valence electrons. The van der Waals surface area contributed by atoms with Crippen LogP contribution in [0.3, 0.4) is 0 Å². The van der Waals surface area contributed by atoms with Crippen molar-refractivity contribution in [3.05, 3.63) is 27.0 Å². The van der Waals surface area contributed by atoms with Gasteiger partial charge < -0.3 is 10.0 Å². The second-order valence-corrected chi connectivity index (χ2v) is 3.75. The van der Waals surface area contributed by atoms with E-state index in [1.165, 1.54) is 12.4 Å². The molecule has 1 aromatic rings. The zero-order valence-corrected chi connectivity index (χ0v) is 9.64. The van der Waals surface area contributed by atoms with E-state index in [1.54, 1.807) is 11.9 Å². The lowest BCUT2D eigenvalue weighted by atomic mass is 10.3. The van der Waals surface area contributed by atoms with Crippen molar-refractivity contribution in [1.29, 1.82) is 0 Å². The van der Waals surface area contributed by atoms with Gasteiger partial charge >= 0.3 is 5.69 Å². The van der Waals surface area contributed by atoms with Crippen molar-refractivity contribution in [3.8, 4) is 0 Å². The summed E-state index contributed by atoms with van der Waals surface area (Å²) < 4.78 is 0.535. The normalized spacial score (nSPS) is 10.1. The number of nitro groups is 1. The zero-order valence-electron chi connectivity index (χ0n) is 8.05. The lowest BCUT2D eigenvalue weighted by Gasteiger charge is -2.18. The summed E-state index contributed by atoms with van der Waals surface area (Å²) in [7, 11) is 1.67. The Hall–Kier alpha value is -1.21. The van der Waals surface area contributed by atoms with Crippen LogP contribution >= 0.6 is 15.9 Å². The smallest absolute Gasteiger partial charge is 0.311 e. The van der Waals surface area contributed by atoms with E-state index in [0.29, 0.717) is 16.7 Å². The minimum atomic E-state index is -0.499. The fraction of sp³-hybridized carbons (Fsp3) is 0.375. The van der Waals surface area contributed by atoms with Crippen LogP contribution in [0, 0.1) is 10.1 Å². The monoisotopic (exact) mass is 275 g/mol. The van der Waals surface area contributed by atoms with Crippen LogP contribution in [0.25, 0.3) is 0 Å². The Morgan fingerprint density at radius 3 is 2.87 bits per heavy atom. The molecule has 0 aliphatic heterocycles. The molecule has 0 aliphatic carbocycles. The Kier molecular flexibility index (Phi) is 3.98. The molecule has 15 heavy (non-hydrogen) atoms. The third kappa shape index (κ3) is 2.63. The molecule has 0 bridgehead atoms.